The standard InChI is InChI=1S/C13H13Br2NO/c1-9(16-8-11-3-2-6-17-11)12-5-4-10(14)7-13(12)15/h2-7,9,16H,8H2,1H3. The van der Waals surface area contributed by atoms with Crippen molar-refractivity contribution in [2.24, 2.45) is 0 Å². The maximum absolute atomic E-state index is 5.29. The third-order valence-electron chi connectivity index (χ3n) is 2.59. The lowest BCUT2D eigenvalue weighted by Gasteiger charge is -2.15. The van der Waals surface area contributed by atoms with Crippen molar-refractivity contribution in [2.75, 3.05) is 0 Å². The summed E-state index contributed by atoms with van der Waals surface area (Å²) in [5, 5.41) is 3.42. The summed E-state index contributed by atoms with van der Waals surface area (Å²) in [4.78, 5) is 0. The fraction of sp³-hybridized carbons (Fsp3) is 0.231. The molecular formula is C13H13Br2NO. The molecule has 0 bridgehead atoms. The molecule has 0 aliphatic rings. The van der Waals surface area contributed by atoms with Crippen molar-refractivity contribution in [1.82, 2.24) is 5.32 Å². The molecule has 90 valence electrons. The lowest BCUT2D eigenvalue weighted by molar-refractivity contribution is 0.460. The summed E-state index contributed by atoms with van der Waals surface area (Å²) < 4.78 is 7.47. The Labute approximate surface area is 118 Å². The Morgan fingerprint density at radius 2 is 2.12 bits per heavy atom. The lowest BCUT2D eigenvalue weighted by Crippen LogP contribution is -2.18. The Morgan fingerprint density at radius 1 is 1.29 bits per heavy atom. The Bertz CT molecular complexity index is 482. The SMILES string of the molecule is CC(NCc1ccco1)c1ccc(Br)cc1Br. The minimum Gasteiger partial charge on any atom is -0.468 e. The van der Waals surface area contributed by atoms with Crippen LogP contribution >= 0.6 is 31.9 Å². The summed E-state index contributed by atoms with van der Waals surface area (Å²) in [6.07, 6.45) is 1.69. The summed E-state index contributed by atoms with van der Waals surface area (Å²) in [7, 11) is 0. The van der Waals surface area contributed by atoms with Crippen molar-refractivity contribution in [1.29, 1.82) is 0 Å². The molecule has 1 N–H and O–H groups in total. The van der Waals surface area contributed by atoms with Gasteiger partial charge in [0.05, 0.1) is 12.8 Å². The van der Waals surface area contributed by atoms with Crippen LogP contribution in [0.5, 0.6) is 0 Å². The molecular weight excluding hydrogens is 346 g/mol. The minimum absolute atomic E-state index is 0.266. The number of nitrogens with one attached hydrogen (secondary N) is 1. The lowest BCUT2D eigenvalue weighted by atomic mass is 10.1. The second-order valence-corrected chi connectivity index (χ2v) is 5.62. The molecule has 1 atom stereocenters. The van der Waals surface area contributed by atoms with E-state index in [9.17, 15) is 0 Å². The van der Waals surface area contributed by atoms with Crippen molar-refractivity contribution >= 4 is 31.9 Å². The van der Waals surface area contributed by atoms with Gasteiger partial charge in [-0.2, -0.15) is 0 Å². The number of benzene rings is 1. The van der Waals surface area contributed by atoms with Crippen LogP contribution in [-0.2, 0) is 6.54 Å². The molecule has 4 heteroatoms. The molecule has 0 saturated carbocycles. The van der Waals surface area contributed by atoms with Crippen LogP contribution in [0.25, 0.3) is 0 Å². The smallest absolute Gasteiger partial charge is 0.117 e. The van der Waals surface area contributed by atoms with E-state index in [1.807, 2.05) is 18.2 Å². The molecule has 0 radical (unpaired) electrons. The monoisotopic (exact) mass is 357 g/mol. The van der Waals surface area contributed by atoms with E-state index in [0.29, 0.717) is 0 Å². The van der Waals surface area contributed by atoms with Gasteiger partial charge in [-0.3, -0.25) is 0 Å². The first-order chi connectivity index (χ1) is 8.16. The molecule has 1 aromatic heterocycles. The first-order valence-electron chi connectivity index (χ1n) is 5.37. The molecule has 1 heterocycles. The first kappa shape index (κ1) is 12.9. The van der Waals surface area contributed by atoms with Crippen molar-refractivity contribution in [3.8, 4) is 0 Å². The maximum atomic E-state index is 5.29. The fourth-order valence-electron chi connectivity index (χ4n) is 1.63. The molecule has 0 spiro atoms. The number of hydrogen-bond acceptors (Lipinski definition) is 2. The van der Waals surface area contributed by atoms with Gasteiger partial charge in [0.1, 0.15) is 5.76 Å². The van der Waals surface area contributed by atoms with E-state index in [1.54, 1.807) is 6.26 Å². The molecule has 2 aromatic rings. The number of furan rings is 1. The zero-order chi connectivity index (χ0) is 12.3. The predicted octanol–water partition coefficient (Wildman–Crippen LogP) is 4.66. The average Bonchev–Trinajstić information content (AvgIpc) is 2.78. The molecule has 0 fully saturated rings. The number of rotatable bonds is 4. The van der Waals surface area contributed by atoms with Crippen molar-refractivity contribution < 1.29 is 4.42 Å². The van der Waals surface area contributed by atoms with Crippen LogP contribution < -0.4 is 5.32 Å². The van der Waals surface area contributed by atoms with E-state index in [-0.39, 0.29) is 6.04 Å². The van der Waals surface area contributed by atoms with Gasteiger partial charge in [0.15, 0.2) is 0 Å². The molecule has 0 aliphatic carbocycles. The molecule has 1 aromatic carbocycles. The predicted molar refractivity (Wildman–Crippen MR) is 75.8 cm³/mol. The number of halogens is 2. The van der Waals surface area contributed by atoms with Crippen LogP contribution in [-0.4, -0.2) is 0 Å². The van der Waals surface area contributed by atoms with Gasteiger partial charge >= 0.3 is 0 Å². The fourth-order valence-corrected chi connectivity index (χ4v) is 3.02. The highest BCUT2D eigenvalue weighted by atomic mass is 79.9. The summed E-state index contributed by atoms with van der Waals surface area (Å²) in [5.74, 6) is 0.949. The van der Waals surface area contributed by atoms with Gasteiger partial charge in [-0.15, -0.1) is 0 Å². The molecule has 0 aliphatic heterocycles. The van der Waals surface area contributed by atoms with E-state index in [1.165, 1.54) is 5.56 Å². The van der Waals surface area contributed by atoms with Crippen LogP contribution in [0, 0.1) is 0 Å². The van der Waals surface area contributed by atoms with E-state index in [2.05, 4.69) is 56.2 Å². The Morgan fingerprint density at radius 3 is 2.76 bits per heavy atom. The molecule has 17 heavy (non-hydrogen) atoms. The van der Waals surface area contributed by atoms with Crippen LogP contribution in [0.1, 0.15) is 24.3 Å². The normalized spacial score (nSPS) is 12.6. The molecule has 0 amide bonds. The molecule has 0 saturated heterocycles. The maximum Gasteiger partial charge on any atom is 0.117 e. The topological polar surface area (TPSA) is 25.2 Å². The van der Waals surface area contributed by atoms with Gasteiger partial charge in [-0.1, -0.05) is 37.9 Å². The molecule has 2 rings (SSSR count). The largest absolute Gasteiger partial charge is 0.468 e. The zero-order valence-electron chi connectivity index (χ0n) is 9.41. The highest BCUT2D eigenvalue weighted by molar-refractivity contribution is 9.11. The van der Waals surface area contributed by atoms with Gasteiger partial charge < -0.3 is 9.73 Å². The molecule has 2 nitrogen and oxygen atoms in total. The number of hydrogen-bond donors (Lipinski definition) is 1. The highest BCUT2D eigenvalue weighted by Crippen LogP contribution is 2.26. The van der Waals surface area contributed by atoms with Crippen LogP contribution in [0.2, 0.25) is 0 Å². The summed E-state index contributed by atoms with van der Waals surface area (Å²) in [5.41, 5.74) is 1.24. The Hall–Kier alpha value is -0.580. The van der Waals surface area contributed by atoms with E-state index in [4.69, 9.17) is 4.42 Å². The zero-order valence-corrected chi connectivity index (χ0v) is 12.6. The third kappa shape index (κ3) is 3.44. The van der Waals surface area contributed by atoms with Crippen LogP contribution in [0.15, 0.2) is 50.0 Å². The second-order valence-electron chi connectivity index (χ2n) is 3.85. The second kappa shape index (κ2) is 5.85. The summed E-state index contributed by atoms with van der Waals surface area (Å²) >= 11 is 7.02. The minimum atomic E-state index is 0.266. The van der Waals surface area contributed by atoms with Crippen molar-refractivity contribution in [3.05, 3.63) is 56.9 Å². The van der Waals surface area contributed by atoms with Crippen molar-refractivity contribution in [3.63, 3.8) is 0 Å². The van der Waals surface area contributed by atoms with Gasteiger partial charge in [0, 0.05) is 15.0 Å². The Balaban J connectivity index is 2.01. The van der Waals surface area contributed by atoms with Crippen molar-refractivity contribution in [2.45, 2.75) is 19.5 Å². The third-order valence-corrected chi connectivity index (χ3v) is 3.77. The van der Waals surface area contributed by atoms with E-state index in [0.717, 1.165) is 21.3 Å². The highest BCUT2D eigenvalue weighted by Gasteiger charge is 2.09. The average molecular weight is 359 g/mol. The van der Waals surface area contributed by atoms with Gasteiger partial charge in [0.2, 0.25) is 0 Å². The quantitative estimate of drug-likeness (QED) is 0.860. The van der Waals surface area contributed by atoms with E-state index < -0.39 is 0 Å². The van der Waals surface area contributed by atoms with Gasteiger partial charge in [-0.25, -0.2) is 0 Å². The molecule has 1 unspecified atom stereocenters. The van der Waals surface area contributed by atoms with Gasteiger partial charge in [0.25, 0.3) is 0 Å². The summed E-state index contributed by atoms with van der Waals surface area (Å²) in [6.45, 7) is 2.87. The van der Waals surface area contributed by atoms with Crippen LogP contribution in [0.4, 0.5) is 0 Å². The van der Waals surface area contributed by atoms with Crippen LogP contribution in [0.3, 0.4) is 0 Å². The first-order valence-corrected chi connectivity index (χ1v) is 6.96. The summed E-state index contributed by atoms with van der Waals surface area (Å²) in [6, 6.07) is 10.3. The Kier molecular flexibility index (Phi) is 4.42. The van der Waals surface area contributed by atoms with E-state index >= 15 is 0 Å². The van der Waals surface area contributed by atoms with Gasteiger partial charge in [-0.05, 0) is 36.8 Å².